The van der Waals surface area contributed by atoms with Crippen molar-refractivity contribution in [1.29, 1.82) is 0 Å². The van der Waals surface area contributed by atoms with Crippen molar-refractivity contribution in [2.45, 2.75) is 39.2 Å². The Morgan fingerprint density at radius 1 is 1.69 bits per heavy atom. The molecule has 0 bridgehead atoms. The Labute approximate surface area is 98.0 Å². The molecule has 1 atom stereocenters. The second-order valence-corrected chi connectivity index (χ2v) is 6.02. The van der Waals surface area contributed by atoms with Crippen molar-refractivity contribution in [3.8, 4) is 0 Å². The molecule has 0 aliphatic heterocycles. The summed E-state index contributed by atoms with van der Waals surface area (Å²) in [6.45, 7) is 4.50. The lowest BCUT2D eigenvalue weighted by atomic mass is 9.92. The average molecular weight is 241 g/mol. The van der Waals surface area contributed by atoms with E-state index in [1.54, 1.807) is 0 Å². The summed E-state index contributed by atoms with van der Waals surface area (Å²) in [5.41, 5.74) is 0.376. The van der Waals surface area contributed by atoms with Crippen LogP contribution in [0.5, 0.6) is 0 Å². The van der Waals surface area contributed by atoms with Gasteiger partial charge in [-0.2, -0.15) is 0 Å². The van der Waals surface area contributed by atoms with E-state index in [0.29, 0.717) is 16.6 Å². The van der Waals surface area contributed by atoms with Crippen LogP contribution in [0.3, 0.4) is 0 Å². The first-order chi connectivity index (χ1) is 7.46. The zero-order chi connectivity index (χ0) is 11.8. The van der Waals surface area contributed by atoms with Crippen molar-refractivity contribution in [2.75, 3.05) is 5.32 Å². The van der Waals surface area contributed by atoms with E-state index < -0.39 is 4.92 Å². The van der Waals surface area contributed by atoms with E-state index in [1.807, 2.05) is 0 Å². The number of hydrogen-bond donors (Lipinski definition) is 1. The molecule has 5 nitrogen and oxygen atoms in total. The number of hydrogen-bond acceptors (Lipinski definition) is 5. The molecule has 0 spiro atoms. The van der Waals surface area contributed by atoms with Crippen molar-refractivity contribution in [3.63, 3.8) is 0 Å². The smallest absolute Gasteiger partial charge is 0.345 e. The standard InChI is InChI=1S/C10H15N3O2S/c1-10(2)4-3-7(5-10)12-9-11-6-8(16-9)13(14)15/h6-7H,3-5H2,1-2H3,(H,11,12). The van der Waals surface area contributed by atoms with E-state index in [-0.39, 0.29) is 5.00 Å². The van der Waals surface area contributed by atoms with Gasteiger partial charge in [-0.05, 0) is 36.0 Å². The van der Waals surface area contributed by atoms with E-state index in [1.165, 1.54) is 12.6 Å². The Kier molecular flexibility index (Phi) is 2.84. The van der Waals surface area contributed by atoms with Gasteiger partial charge in [0.15, 0.2) is 5.13 Å². The van der Waals surface area contributed by atoms with Crippen molar-refractivity contribution in [3.05, 3.63) is 16.3 Å². The number of aromatic nitrogens is 1. The highest BCUT2D eigenvalue weighted by atomic mass is 32.1. The normalized spacial score (nSPS) is 23.2. The molecule has 6 heteroatoms. The fourth-order valence-electron chi connectivity index (χ4n) is 2.15. The van der Waals surface area contributed by atoms with Gasteiger partial charge in [0.1, 0.15) is 6.20 Å². The minimum Gasteiger partial charge on any atom is -0.359 e. The maximum Gasteiger partial charge on any atom is 0.345 e. The fourth-order valence-corrected chi connectivity index (χ4v) is 2.86. The SMILES string of the molecule is CC1(C)CCC(Nc2ncc([N+](=O)[O-])s2)C1. The molecule has 1 N–H and O–H groups in total. The first-order valence-electron chi connectivity index (χ1n) is 5.33. The van der Waals surface area contributed by atoms with Gasteiger partial charge in [-0.1, -0.05) is 13.8 Å². The molecule has 1 aromatic rings. The molecule has 0 radical (unpaired) electrons. The summed E-state index contributed by atoms with van der Waals surface area (Å²) in [6.07, 6.45) is 4.71. The molecule has 1 aromatic heterocycles. The van der Waals surface area contributed by atoms with Crippen LogP contribution < -0.4 is 5.32 Å². The molecular formula is C10H15N3O2S. The van der Waals surface area contributed by atoms with Gasteiger partial charge >= 0.3 is 5.00 Å². The van der Waals surface area contributed by atoms with E-state index in [0.717, 1.165) is 24.2 Å². The summed E-state index contributed by atoms with van der Waals surface area (Å²) in [5, 5.41) is 14.5. The first-order valence-corrected chi connectivity index (χ1v) is 6.15. The summed E-state index contributed by atoms with van der Waals surface area (Å²) in [6, 6.07) is 0.403. The van der Waals surface area contributed by atoms with Crippen LogP contribution in [0.2, 0.25) is 0 Å². The molecule has 1 fully saturated rings. The minimum atomic E-state index is -0.401. The first kappa shape index (κ1) is 11.3. The van der Waals surface area contributed by atoms with Gasteiger partial charge in [-0.25, -0.2) is 4.98 Å². The largest absolute Gasteiger partial charge is 0.359 e. The molecule has 0 aromatic carbocycles. The molecule has 1 unspecified atom stereocenters. The maximum absolute atomic E-state index is 10.5. The number of nitrogens with one attached hydrogen (secondary N) is 1. The van der Waals surface area contributed by atoms with Crippen LogP contribution in [0.15, 0.2) is 6.20 Å². The molecule has 88 valence electrons. The second kappa shape index (κ2) is 4.01. The molecule has 1 aliphatic carbocycles. The van der Waals surface area contributed by atoms with Crippen molar-refractivity contribution >= 4 is 21.5 Å². The molecule has 16 heavy (non-hydrogen) atoms. The van der Waals surface area contributed by atoms with Crippen LogP contribution in [-0.4, -0.2) is 15.9 Å². The molecule has 0 saturated heterocycles. The summed E-state index contributed by atoms with van der Waals surface area (Å²) in [5.74, 6) is 0. The van der Waals surface area contributed by atoms with E-state index >= 15 is 0 Å². The van der Waals surface area contributed by atoms with Gasteiger partial charge in [0.25, 0.3) is 0 Å². The van der Waals surface area contributed by atoms with Gasteiger partial charge in [-0.3, -0.25) is 10.1 Å². The maximum atomic E-state index is 10.5. The quantitative estimate of drug-likeness (QED) is 0.652. The predicted octanol–water partition coefficient (Wildman–Crippen LogP) is 3.04. The van der Waals surface area contributed by atoms with Crippen molar-refractivity contribution < 1.29 is 4.92 Å². The highest BCUT2D eigenvalue weighted by Crippen LogP contribution is 2.39. The summed E-state index contributed by atoms with van der Waals surface area (Å²) in [7, 11) is 0. The van der Waals surface area contributed by atoms with Crippen LogP contribution in [0.25, 0.3) is 0 Å². The third-order valence-electron chi connectivity index (χ3n) is 2.97. The predicted molar refractivity (Wildman–Crippen MR) is 63.8 cm³/mol. The monoisotopic (exact) mass is 241 g/mol. The lowest BCUT2D eigenvalue weighted by Gasteiger charge is -2.17. The highest BCUT2D eigenvalue weighted by molar-refractivity contribution is 7.18. The van der Waals surface area contributed by atoms with Gasteiger partial charge in [-0.15, -0.1) is 0 Å². The van der Waals surface area contributed by atoms with Crippen molar-refractivity contribution in [2.24, 2.45) is 5.41 Å². The fraction of sp³-hybridized carbons (Fsp3) is 0.700. The molecular weight excluding hydrogens is 226 g/mol. The van der Waals surface area contributed by atoms with Crippen molar-refractivity contribution in [1.82, 2.24) is 4.98 Å². The van der Waals surface area contributed by atoms with Crippen LogP contribution in [0, 0.1) is 15.5 Å². The van der Waals surface area contributed by atoms with Crippen LogP contribution >= 0.6 is 11.3 Å². The van der Waals surface area contributed by atoms with Gasteiger partial charge < -0.3 is 5.32 Å². The van der Waals surface area contributed by atoms with Crippen LogP contribution in [-0.2, 0) is 0 Å². The van der Waals surface area contributed by atoms with E-state index in [4.69, 9.17) is 0 Å². The highest BCUT2D eigenvalue weighted by Gasteiger charge is 2.31. The Hall–Kier alpha value is -1.17. The minimum absolute atomic E-state index is 0.0970. The number of rotatable bonds is 3. The topological polar surface area (TPSA) is 68.1 Å². The summed E-state index contributed by atoms with van der Waals surface area (Å²) < 4.78 is 0. The van der Waals surface area contributed by atoms with Gasteiger partial charge in [0, 0.05) is 6.04 Å². The number of nitro groups is 1. The third-order valence-corrected chi connectivity index (χ3v) is 3.85. The molecule has 1 heterocycles. The summed E-state index contributed by atoms with van der Waals surface area (Å²) in [4.78, 5) is 14.1. The Bertz CT molecular complexity index is 403. The average Bonchev–Trinajstić information content (AvgIpc) is 2.73. The lowest BCUT2D eigenvalue weighted by Crippen LogP contribution is -2.17. The van der Waals surface area contributed by atoms with Gasteiger partial charge in [0.05, 0.1) is 4.92 Å². The Balaban J connectivity index is 1.97. The second-order valence-electron chi connectivity index (χ2n) is 5.01. The molecule has 1 aliphatic rings. The number of nitrogens with zero attached hydrogens (tertiary/aromatic N) is 2. The van der Waals surface area contributed by atoms with Gasteiger partial charge in [0.2, 0.25) is 0 Å². The molecule has 0 amide bonds. The van der Waals surface area contributed by atoms with Crippen LogP contribution in [0.4, 0.5) is 10.1 Å². The molecule has 1 saturated carbocycles. The Morgan fingerprint density at radius 2 is 2.44 bits per heavy atom. The number of thiazole rings is 1. The third kappa shape index (κ3) is 2.49. The van der Waals surface area contributed by atoms with E-state index in [9.17, 15) is 10.1 Å². The van der Waals surface area contributed by atoms with Crippen LogP contribution in [0.1, 0.15) is 33.1 Å². The lowest BCUT2D eigenvalue weighted by molar-refractivity contribution is -0.380. The summed E-state index contributed by atoms with van der Waals surface area (Å²) >= 11 is 1.11. The van der Waals surface area contributed by atoms with E-state index in [2.05, 4.69) is 24.1 Å². The number of anilines is 1. The zero-order valence-corrected chi connectivity index (χ0v) is 10.2. The molecule has 2 rings (SSSR count). The zero-order valence-electron chi connectivity index (χ0n) is 9.40. The Morgan fingerprint density at radius 3 is 2.94 bits per heavy atom.